The van der Waals surface area contributed by atoms with Crippen LogP contribution in [0.1, 0.15) is 316 Å². The molecule has 0 aromatic rings. The molecule has 0 heterocycles. The van der Waals surface area contributed by atoms with Crippen LogP contribution in [0.2, 0.25) is 0 Å². The summed E-state index contributed by atoms with van der Waals surface area (Å²) >= 11 is 0. The molecule has 0 saturated heterocycles. The molecule has 0 fully saturated rings. The molecule has 4 heteroatoms. The minimum absolute atomic E-state index is 0.0263. The fourth-order valence-electron chi connectivity index (χ4n) is 9.27. The maximum atomic E-state index is 12.5. The Morgan fingerprint density at radius 2 is 0.657 bits per heavy atom. The van der Waals surface area contributed by atoms with Crippen LogP contribution >= 0.6 is 0 Å². The number of aliphatic hydroxyl groups excluding tert-OH is 2. The Morgan fingerprint density at radius 1 is 0.373 bits per heavy atom. The summed E-state index contributed by atoms with van der Waals surface area (Å²) in [6.45, 7) is 4.27. The number of hydrogen-bond donors (Lipinski definition) is 3. The maximum Gasteiger partial charge on any atom is 0.220 e. The molecule has 3 N–H and O–H groups in total. The number of carbonyl (C=O) groups excluding carboxylic acids is 1. The highest BCUT2D eigenvalue weighted by molar-refractivity contribution is 5.76. The van der Waals surface area contributed by atoms with Crippen molar-refractivity contribution in [3.8, 4) is 0 Å². The van der Waals surface area contributed by atoms with Crippen molar-refractivity contribution >= 4 is 5.91 Å². The van der Waals surface area contributed by atoms with Gasteiger partial charge in [0.25, 0.3) is 0 Å². The number of amides is 1. The van der Waals surface area contributed by atoms with E-state index in [-0.39, 0.29) is 12.5 Å². The van der Waals surface area contributed by atoms with Gasteiger partial charge in [0.05, 0.1) is 18.8 Å². The molecule has 0 saturated carbocycles. The lowest BCUT2D eigenvalue weighted by molar-refractivity contribution is -0.123. The first-order valence-electron chi connectivity index (χ1n) is 30.0. The summed E-state index contributed by atoms with van der Waals surface area (Å²) in [6, 6.07) is -0.535. The molecule has 0 rings (SSSR count). The van der Waals surface area contributed by atoms with Gasteiger partial charge in [-0.15, -0.1) is 0 Å². The zero-order valence-electron chi connectivity index (χ0n) is 45.2. The summed E-state index contributed by atoms with van der Waals surface area (Å²) in [5.41, 5.74) is 0. The lowest BCUT2D eigenvalue weighted by Gasteiger charge is -2.22. The van der Waals surface area contributed by atoms with Crippen LogP contribution in [0, 0.1) is 0 Å². The Morgan fingerprint density at radius 3 is 0.985 bits per heavy atom. The Kier molecular flexibility index (Phi) is 56.7. The quantitative estimate of drug-likeness (QED) is 0.0420. The topological polar surface area (TPSA) is 69.6 Å². The van der Waals surface area contributed by atoms with Gasteiger partial charge in [-0.2, -0.15) is 0 Å². The van der Waals surface area contributed by atoms with Crippen molar-refractivity contribution in [1.82, 2.24) is 5.32 Å². The third-order valence-corrected chi connectivity index (χ3v) is 13.8. The van der Waals surface area contributed by atoms with Gasteiger partial charge in [-0.25, -0.2) is 0 Å². The molecular weight excluding hydrogens is 819 g/mol. The number of hydrogen-bond acceptors (Lipinski definition) is 3. The minimum Gasteiger partial charge on any atom is -0.394 e. The van der Waals surface area contributed by atoms with E-state index >= 15 is 0 Å². The monoisotopic (exact) mass is 936 g/mol. The van der Waals surface area contributed by atoms with E-state index < -0.39 is 12.1 Å². The number of carbonyl (C=O) groups is 1. The lowest BCUT2D eigenvalue weighted by Crippen LogP contribution is -2.45. The SMILES string of the molecule is CC/C=C\C/C=C\C/C=C\C/C=C\C/C=C\CCCCCCCCCCCCCCCCCCCCCCCCCC(=O)NC(CO)C(O)CCCCCCCCCCCCCCCCCC. The summed E-state index contributed by atoms with van der Waals surface area (Å²) in [6.07, 6.45) is 82.3. The van der Waals surface area contributed by atoms with Gasteiger partial charge < -0.3 is 15.5 Å². The van der Waals surface area contributed by atoms with Gasteiger partial charge in [-0.3, -0.25) is 4.79 Å². The number of aliphatic hydroxyl groups is 2. The minimum atomic E-state index is -0.658. The third-order valence-electron chi connectivity index (χ3n) is 13.8. The van der Waals surface area contributed by atoms with E-state index in [1.807, 2.05) is 0 Å². The number of rotatable bonds is 55. The molecule has 392 valence electrons. The highest BCUT2D eigenvalue weighted by atomic mass is 16.3. The van der Waals surface area contributed by atoms with E-state index in [9.17, 15) is 15.0 Å². The highest BCUT2D eigenvalue weighted by Gasteiger charge is 2.20. The molecule has 2 atom stereocenters. The molecule has 0 spiro atoms. The third kappa shape index (κ3) is 54.9. The summed E-state index contributed by atoms with van der Waals surface area (Å²) < 4.78 is 0. The standard InChI is InChI=1S/C63H117NO3/c1-3-5-7-9-11-13-15-17-19-21-22-23-24-25-26-27-28-29-30-31-32-33-34-35-36-37-38-39-40-41-42-43-45-47-49-51-53-55-57-59-63(67)64-61(60-65)62(66)58-56-54-52-50-48-46-44-20-18-16-14-12-10-8-6-4-2/h5,7,11,13,17,19,22-23,25-26,61-62,65-66H,3-4,6,8-10,12,14-16,18,20-21,24,27-60H2,1-2H3,(H,64,67)/b7-5-,13-11-,19-17-,23-22-,26-25-. The van der Waals surface area contributed by atoms with Gasteiger partial charge in [0.1, 0.15) is 0 Å². The van der Waals surface area contributed by atoms with E-state index in [1.165, 1.54) is 231 Å². The molecule has 67 heavy (non-hydrogen) atoms. The molecule has 0 radical (unpaired) electrons. The molecule has 0 aromatic heterocycles. The first-order chi connectivity index (χ1) is 33.2. The Labute approximate surface area is 419 Å². The Balaban J connectivity index is 3.40. The van der Waals surface area contributed by atoms with Crippen LogP contribution in [-0.4, -0.2) is 34.9 Å². The average Bonchev–Trinajstić information content (AvgIpc) is 3.33. The second-order valence-electron chi connectivity index (χ2n) is 20.4. The fourth-order valence-corrected chi connectivity index (χ4v) is 9.27. The first-order valence-corrected chi connectivity index (χ1v) is 30.0. The van der Waals surface area contributed by atoms with Crippen molar-refractivity contribution in [2.45, 2.75) is 328 Å². The van der Waals surface area contributed by atoms with E-state index in [0.717, 1.165) is 57.8 Å². The smallest absolute Gasteiger partial charge is 0.220 e. The van der Waals surface area contributed by atoms with Crippen LogP contribution in [0.25, 0.3) is 0 Å². The number of unbranched alkanes of at least 4 members (excludes halogenated alkanes) is 38. The second-order valence-corrected chi connectivity index (χ2v) is 20.4. The summed E-state index contributed by atoms with van der Waals surface area (Å²) in [7, 11) is 0. The predicted molar refractivity (Wildman–Crippen MR) is 299 cm³/mol. The molecule has 2 unspecified atom stereocenters. The van der Waals surface area contributed by atoms with Gasteiger partial charge in [0.15, 0.2) is 0 Å². The summed E-state index contributed by atoms with van der Waals surface area (Å²) in [5, 5.41) is 23.3. The van der Waals surface area contributed by atoms with Gasteiger partial charge in [-0.05, 0) is 57.8 Å². The summed E-state index contributed by atoms with van der Waals surface area (Å²) in [4.78, 5) is 12.5. The van der Waals surface area contributed by atoms with Crippen LogP contribution in [0.15, 0.2) is 60.8 Å². The van der Waals surface area contributed by atoms with Gasteiger partial charge >= 0.3 is 0 Å². The molecule has 4 nitrogen and oxygen atoms in total. The zero-order valence-corrected chi connectivity index (χ0v) is 45.2. The van der Waals surface area contributed by atoms with Crippen molar-refractivity contribution in [3.63, 3.8) is 0 Å². The van der Waals surface area contributed by atoms with Gasteiger partial charge in [-0.1, -0.05) is 312 Å². The van der Waals surface area contributed by atoms with Crippen LogP contribution < -0.4 is 5.32 Å². The van der Waals surface area contributed by atoms with Crippen molar-refractivity contribution in [2.24, 2.45) is 0 Å². The van der Waals surface area contributed by atoms with Crippen LogP contribution in [-0.2, 0) is 4.79 Å². The fraction of sp³-hybridized carbons (Fsp3) is 0.825. The molecule has 0 aliphatic heterocycles. The number of nitrogens with one attached hydrogen (secondary N) is 1. The van der Waals surface area contributed by atoms with Crippen LogP contribution in [0.3, 0.4) is 0 Å². The van der Waals surface area contributed by atoms with E-state index in [0.29, 0.717) is 12.8 Å². The molecular formula is C63H117NO3. The van der Waals surface area contributed by atoms with Crippen molar-refractivity contribution < 1.29 is 15.0 Å². The van der Waals surface area contributed by atoms with Crippen molar-refractivity contribution in [2.75, 3.05) is 6.61 Å². The van der Waals surface area contributed by atoms with Gasteiger partial charge in [0.2, 0.25) is 5.91 Å². The van der Waals surface area contributed by atoms with E-state index in [4.69, 9.17) is 0 Å². The maximum absolute atomic E-state index is 12.5. The Bertz CT molecular complexity index is 1110. The largest absolute Gasteiger partial charge is 0.394 e. The molecule has 0 aliphatic carbocycles. The predicted octanol–water partition coefficient (Wildman–Crippen LogP) is 20.0. The number of allylic oxidation sites excluding steroid dienone is 10. The Hall–Kier alpha value is -1.91. The zero-order chi connectivity index (χ0) is 48.5. The molecule has 0 aromatic carbocycles. The molecule has 0 aliphatic rings. The van der Waals surface area contributed by atoms with Crippen LogP contribution in [0.4, 0.5) is 0 Å². The van der Waals surface area contributed by atoms with Crippen molar-refractivity contribution in [1.29, 1.82) is 0 Å². The van der Waals surface area contributed by atoms with Gasteiger partial charge in [0, 0.05) is 6.42 Å². The molecule has 1 amide bonds. The van der Waals surface area contributed by atoms with E-state index in [2.05, 4.69) is 79.9 Å². The first kappa shape index (κ1) is 65.1. The highest BCUT2D eigenvalue weighted by Crippen LogP contribution is 2.18. The van der Waals surface area contributed by atoms with Crippen molar-refractivity contribution in [3.05, 3.63) is 60.8 Å². The van der Waals surface area contributed by atoms with E-state index in [1.54, 1.807) is 0 Å². The lowest BCUT2D eigenvalue weighted by atomic mass is 10.0. The van der Waals surface area contributed by atoms with Crippen LogP contribution in [0.5, 0.6) is 0 Å². The normalized spacial score (nSPS) is 13.2. The average molecular weight is 937 g/mol. The second kappa shape index (κ2) is 58.4. The summed E-state index contributed by atoms with van der Waals surface area (Å²) in [5.74, 6) is -0.0263. The molecule has 0 bridgehead atoms.